The Hall–Kier alpha value is -3.40. The molecule has 3 heterocycles. The van der Waals surface area contributed by atoms with E-state index < -0.39 is 17.1 Å². The Morgan fingerprint density at radius 2 is 1.74 bits per heavy atom. The molecule has 4 aliphatic rings. The number of amides is 3. The maximum Gasteiger partial charge on any atom is 0.407 e. The lowest BCUT2D eigenvalue weighted by atomic mass is 9.66. The molecule has 2 saturated heterocycles. The molecule has 2 saturated carbocycles. The van der Waals surface area contributed by atoms with Crippen LogP contribution in [0.3, 0.4) is 0 Å². The molecule has 3 amide bonds. The number of nitrogens with zero attached hydrogens (tertiary/aromatic N) is 5. The number of hydrogen-bond donors (Lipinski definition) is 2. The average molecular weight is 536 g/mol. The van der Waals surface area contributed by atoms with E-state index in [1.807, 2.05) is 35.2 Å². The minimum absolute atomic E-state index is 0.116. The second-order valence-electron chi connectivity index (χ2n) is 11.9. The first-order valence-corrected chi connectivity index (χ1v) is 14.2. The monoisotopic (exact) mass is 535 g/mol. The number of carbonyl (C=O) groups excluding carboxylic acids is 1. The van der Waals surface area contributed by atoms with E-state index in [1.54, 1.807) is 21.9 Å². The van der Waals surface area contributed by atoms with Gasteiger partial charge in [-0.3, -0.25) is 9.36 Å². The fourth-order valence-corrected chi connectivity index (χ4v) is 7.03. The van der Waals surface area contributed by atoms with E-state index in [1.165, 1.54) is 4.90 Å². The fourth-order valence-electron chi connectivity index (χ4n) is 7.03. The molecule has 0 radical (unpaired) electrons. The van der Waals surface area contributed by atoms with E-state index in [0.717, 1.165) is 49.8 Å². The molecule has 1 spiro atoms. The van der Waals surface area contributed by atoms with E-state index in [9.17, 15) is 24.6 Å². The zero-order valence-corrected chi connectivity index (χ0v) is 22.2. The summed E-state index contributed by atoms with van der Waals surface area (Å²) >= 11 is 0. The third kappa shape index (κ3) is 4.79. The predicted molar refractivity (Wildman–Crippen MR) is 143 cm³/mol. The van der Waals surface area contributed by atoms with Crippen LogP contribution < -0.4 is 5.56 Å². The van der Waals surface area contributed by atoms with E-state index in [4.69, 9.17) is 0 Å². The Morgan fingerprint density at radius 3 is 2.41 bits per heavy atom. The fraction of sp³-hybridized carbons (Fsp3) is 0.586. The van der Waals surface area contributed by atoms with Crippen molar-refractivity contribution in [2.45, 2.75) is 69.1 Å². The summed E-state index contributed by atoms with van der Waals surface area (Å²) < 4.78 is 1.54. The van der Waals surface area contributed by atoms with Crippen LogP contribution in [-0.4, -0.2) is 84.9 Å². The van der Waals surface area contributed by atoms with Crippen LogP contribution in [0.5, 0.6) is 0 Å². The number of carbonyl (C=O) groups is 2. The van der Waals surface area contributed by atoms with Gasteiger partial charge in [0.2, 0.25) is 0 Å². The number of piperazine rings is 1. The number of aromatic nitrogens is 2. The van der Waals surface area contributed by atoms with Crippen LogP contribution in [-0.2, 0) is 6.54 Å². The molecule has 2 N–H and O–H groups in total. The number of benzene rings is 1. The molecular formula is C29H37N5O5. The van der Waals surface area contributed by atoms with E-state index in [-0.39, 0.29) is 37.3 Å². The summed E-state index contributed by atoms with van der Waals surface area (Å²) in [6.45, 7) is 1.77. The molecular weight excluding hydrogens is 498 g/mol. The highest BCUT2D eigenvalue weighted by Crippen LogP contribution is 2.52. The van der Waals surface area contributed by atoms with Crippen molar-refractivity contribution >= 4 is 12.1 Å². The summed E-state index contributed by atoms with van der Waals surface area (Å²) in [6.07, 6.45) is 6.67. The molecule has 1 aromatic heterocycles. The van der Waals surface area contributed by atoms with Crippen LogP contribution in [0.4, 0.5) is 9.59 Å². The predicted octanol–water partition coefficient (Wildman–Crippen LogP) is 3.27. The Balaban J connectivity index is 1.23. The van der Waals surface area contributed by atoms with Crippen molar-refractivity contribution in [3.05, 3.63) is 64.3 Å². The molecule has 0 bridgehead atoms. The maximum absolute atomic E-state index is 14.0. The van der Waals surface area contributed by atoms with Crippen LogP contribution in [0.2, 0.25) is 0 Å². The van der Waals surface area contributed by atoms with Crippen molar-refractivity contribution < 1.29 is 19.8 Å². The van der Waals surface area contributed by atoms with Crippen LogP contribution in [0, 0.1) is 5.41 Å². The third-order valence-corrected chi connectivity index (χ3v) is 9.52. The summed E-state index contributed by atoms with van der Waals surface area (Å²) in [7, 11) is 0. The summed E-state index contributed by atoms with van der Waals surface area (Å²) in [4.78, 5) is 48.2. The molecule has 208 valence electrons. The molecule has 4 fully saturated rings. The van der Waals surface area contributed by atoms with Crippen molar-refractivity contribution in [2.75, 3.05) is 32.7 Å². The Labute approximate surface area is 227 Å². The smallest absolute Gasteiger partial charge is 0.407 e. The molecule has 2 unspecified atom stereocenters. The summed E-state index contributed by atoms with van der Waals surface area (Å²) in [5.41, 5.74) is 0.000517. The van der Waals surface area contributed by atoms with Crippen LogP contribution >= 0.6 is 0 Å². The van der Waals surface area contributed by atoms with Gasteiger partial charge in [-0.25, -0.2) is 14.6 Å². The molecule has 2 aromatic rings. The Kier molecular flexibility index (Phi) is 6.61. The Bertz CT molecular complexity index is 1290. The highest BCUT2D eigenvalue weighted by atomic mass is 16.4. The number of piperidine rings is 1. The van der Waals surface area contributed by atoms with Gasteiger partial charge in [0, 0.05) is 50.1 Å². The molecule has 2 atom stereocenters. The van der Waals surface area contributed by atoms with Gasteiger partial charge in [0.1, 0.15) is 0 Å². The number of urea groups is 1. The topological polar surface area (TPSA) is 119 Å². The van der Waals surface area contributed by atoms with Crippen LogP contribution in [0.15, 0.2) is 47.5 Å². The number of carboxylic acid groups (broad SMARTS) is 1. The van der Waals surface area contributed by atoms with Crippen molar-refractivity contribution in [3.63, 3.8) is 0 Å². The first-order chi connectivity index (χ1) is 18.8. The van der Waals surface area contributed by atoms with Gasteiger partial charge in [0.25, 0.3) is 5.56 Å². The third-order valence-electron chi connectivity index (χ3n) is 9.52. The van der Waals surface area contributed by atoms with Crippen molar-refractivity contribution in [1.29, 1.82) is 0 Å². The highest BCUT2D eigenvalue weighted by Gasteiger charge is 2.56. The van der Waals surface area contributed by atoms with Crippen LogP contribution in [0.1, 0.15) is 68.2 Å². The van der Waals surface area contributed by atoms with Crippen molar-refractivity contribution in [2.24, 2.45) is 5.41 Å². The Morgan fingerprint density at radius 1 is 1.00 bits per heavy atom. The van der Waals surface area contributed by atoms with Gasteiger partial charge in [-0.2, -0.15) is 0 Å². The minimum Gasteiger partial charge on any atom is -0.465 e. The molecule has 2 aliphatic heterocycles. The van der Waals surface area contributed by atoms with Crippen LogP contribution in [0.25, 0.3) is 0 Å². The zero-order valence-electron chi connectivity index (χ0n) is 22.2. The SMILES string of the molecule is O=C(O)N1CCN(C(=O)N2CCC(O)(Cn3cnc(C4CC4)cc3=O)C3(CCCC3)C2)C(c2ccccc2)C1. The standard InChI is InChI=1S/C29H37N5O5/c35-25-16-23(21-8-9-21)30-20-33(25)19-29(39)12-13-32(18-28(29)10-4-5-11-28)26(36)34-15-14-31(27(37)38)17-24(34)22-6-2-1-3-7-22/h1-3,6-7,16,20-21,24,39H,4-5,8-15,17-19H2,(H,37,38). The first-order valence-electron chi connectivity index (χ1n) is 14.2. The van der Waals surface area contributed by atoms with Crippen molar-refractivity contribution in [3.8, 4) is 0 Å². The normalized spacial score (nSPS) is 26.7. The van der Waals surface area contributed by atoms with Gasteiger partial charge in [-0.15, -0.1) is 0 Å². The van der Waals surface area contributed by atoms with Gasteiger partial charge < -0.3 is 24.9 Å². The number of aliphatic hydroxyl groups is 1. The number of hydrogen-bond acceptors (Lipinski definition) is 5. The van der Waals surface area contributed by atoms with Gasteiger partial charge in [-0.05, 0) is 37.7 Å². The summed E-state index contributed by atoms with van der Waals surface area (Å²) in [5, 5.41) is 21.7. The maximum atomic E-state index is 14.0. The summed E-state index contributed by atoms with van der Waals surface area (Å²) in [6, 6.07) is 10.7. The van der Waals surface area contributed by atoms with Gasteiger partial charge >= 0.3 is 12.1 Å². The lowest BCUT2D eigenvalue weighted by Gasteiger charge is -2.53. The quantitative estimate of drug-likeness (QED) is 0.620. The minimum atomic E-state index is -1.12. The highest BCUT2D eigenvalue weighted by molar-refractivity contribution is 5.76. The van der Waals surface area contributed by atoms with Gasteiger partial charge in [0.05, 0.1) is 30.2 Å². The zero-order chi connectivity index (χ0) is 27.2. The molecule has 10 heteroatoms. The first kappa shape index (κ1) is 25.9. The van der Waals surface area contributed by atoms with E-state index in [2.05, 4.69) is 4.98 Å². The second-order valence-corrected chi connectivity index (χ2v) is 11.9. The largest absolute Gasteiger partial charge is 0.465 e. The van der Waals surface area contributed by atoms with E-state index in [0.29, 0.717) is 32.0 Å². The number of rotatable bonds is 4. The molecule has 6 rings (SSSR count). The van der Waals surface area contributed by atoms with Crippen molar-refractivity contribution in [1.82, 2.24) is 24.3 Å². The number of likely N-dealkylation sites (tertiary alicyclic amines) is 1. The lowest BCUT2D eigenvalue weighted by Crippen LogP contribution is -2.64. The molecule has 2 aliphatic carbocycles. The van der Waals surface area contributed by atoms with E-state index >= 15 is 0 Å². The summed E-state index contributed by atoms with van der Waals surface area (Å²) in [5.74, 6) is 0.392. The van der Waals surface area contributed by atoms with Gasteiger partial charge in [0.15, 0.2) is 0 Å². The molecule has 39 heavy (non-hydrogen) atoms. The lowest BCUT2D eigenvalue weighted by molar-refractivity contribution is -0.137. The average Bonchev–Trinajstić information content (AvgIpc) is 3.69. The second kappa shape index (κ2) is 9.97. The molecule has 1 aromatic carbocycles. The van der Waals surface area contributed by atoms with Gasteiger partial charge in [-0.1, -0.05) is 43.2 Å². The molecule has 10 nitrogen and oxygen atoms in total.